The van der Waals surface area contributed by atoms with Crippen molar-refractivity contribution in [3.8, 4) is 11.3 Å². The van der Waals surface area contributed by atoms with Crippen LogP contribution in [-0.2, 0) is 17.6 Å². The Kier molecular flexibility index (Phi) is 7.27. The highest BCUT2D eigenvalue weighted by molar-refractivity contribution is 7.14. The van der Waals surface area contributed by atoms with E-state index < -0.39 is 6.04 Å². The summed E-state index contributed by atoms with van der Waals surface area (Å²) in [6, 6.07) is 26.0. The van der Waals surface area contributed by atoms with Crippen LogP contribution in [0.5, 0.6) is 0 Å². The second-order valence-electron chi connectivity index (χ2n) is 7.66. The summed E-state index contributed by atoms with van der Waals surface area (Å²) in [5.41, 5.74) is 4.55. The van der Waals surface area contributed by atoms with Gasteiger partial charge >= 0.3 is 0 Å². The van der Waals surface area contributed by atoms with Crippen LogP contribution in [0.4, 0.5) is 5.13 Å². The van der Waals surface area contributed by atoms with Crippen LogP contribution in [-0.4, -0.2) is 22.8 Å². The maximum absolute atomic E-state index is 13.2. The Morgan fingerprint density at radius 2 is 1.55 bits per heavy atom. The summed E-state index contributed by atoms with van der Waals surface area (Å²) in [4.78, 5) is 30.5. The minimum atomic E-state index is -0.740. The van der Waals surface area contributed by atoms with Gasteiger partial charge in [0.2, 0.25) is 5.91 Å². The van der Waals surface area contributed by atoms with Crippen molar-refractivity contribution < 1.29 is 9.59 Å². The number of nitrogens with zero attached hydrogens (tertiary/aromatic N) is 1. The number of aromatic nitrogens is 1. The molecule has 0 aliphatic carbocycles. The molecule has 0 fully saturated rings. The van der Waals surface area contributed by atoms with Gasteiger partial charge < -0.3 is 10.6 Å². The lowest BCUT2D eigenvalue weighted by atomic mass is 10.0. The van der Waals surface area contributed by atoms with E-state index in [-0.39, 0.29) is 11.8 Å². The molecular weight excluding hydrogens is 430 g/mol. The summed E-state index contributed by atoms with van der Waals surface area (Å²) in [6.07, 6.45) is 1.36. The molecule has 2 amide bonds. The fourth-order valence-corrected chi connectivity index (χ4v) is 4.18. The average molecular weight is 456 g/mol. The molecule has 1 atom stereocenters. The normalized spacial score (nSPS) is 11.5. The molecule has 4 aromatic rings. The highest BCUT2D eigenvalue weighted by atomic mass is 32.1. The average Bonchev–Trinajstić information content (AvgIpc) is 3.33. The van der Waals surface area contributed by atoms with Crippen LogP contribution in [0.2, 0.25) is 0 Å². The van der Waals surface area contributed by atoms with Gasteiger partial charge in [-0.25, -0.2) is 4.98 Å². The molecule has 0 saturated carbocycles. The van der Waals surface area contributed by atoms with E-state index >= 15 is 0 Å². The lowest BCUT2D eigenvalue weighted by molar-refractivity contribution is -0.118. The number of thiazole rings is 1. The maximum atomic E-state index is 13.2. The number of carbonyl (C=O) groups excluding carboxylic acids is 2. The number of benzene rings is 3. The van der Waals surface area contributed by atoms with E-state index in [2.05, 4.69) is 34.7 Å². The number of aryl methyl sites for hydroxylation is 1. The first kappa shape index (κ1) is 22.4. The molecular formula is C27H25N3O2S. The molecule has 0 aliphatic rings. The Balaban J connectivity index is 1.49. The Hall–Kier alpha value is -3.77. The van der Waals surface area contributed by atoms with Crippen LogP contribution in [0.1, 0.15) is 28.4 Å². The summed E-state index contributed by atoms with van der Waals surface area (Å²) in [6.45, 7) is 2.12. The monoisotopic (exact) mass is 455 g/mol. The molecule has 6 heteroatoms. The van der Waals surface area contributed by atoms with Crippen molar-refractivity contribution >= 4 is 28.3 Å². The Morgan fingerprint density at radius 3 is 2.21 bits per heavy atom. The molecule has 0 spiro atoms. The first-order chi connectivity index (χ1) is 16.1. The Morgan fingerprint density at radius 1 is 0.879 bits per heavy atom. The standard InChI is InChI=1S/C27H25N3O2S/c1-2-19-13-15-21(16-14-19)24-18-33-27(29-24)30-26(32)23(17-20-9-5-3-6-10-20)28-25(31)22-11-7-4-8-12-22/h3-16,18,23H,2,17H2,1H3,(H,28,31)(H,29,30,32). The van der Waals surface area contributed by atoms with Crippen LogP contribution >= 0.6 is 11.3 Å². The van der Waals surface area contributed by atoms with Crippen molar-refractivity contribution in [1.82, 2.24) is 10.3 Å². The van der Waals surface area contributed by atoms with Crippen LogP contribution in [0.15, 0.2) is 90.3 Å². The molecule has 1 aromatic heterocycles. The molecule has 2 N–H and O–H groups in total. The number of amides is 2. The molecule has 0 aliphatic heterocycles. The molecule has 3 aromatic carbocycles. The van der Waals surface area contributed by atoms with Crippen molar-refractivity contribution in [3.63, 3.8) is 0 Å². The summed E-state index contributed by atoms with van der Waals surface area (Å²) < 4.78 is 0. The topological polar surface area (TPSA) is 71.1 Å². The molecule has 0 saturated heterocycles. The molecule has 166 valence electrons. The molecule has 0 radical (unpaired) electrons. The number of rotatable bonds is 8. The van der Waals surface area contributed by atoms with Crippen molar-refractivity contribution in [2.75, 3.05) is 5.32 Å². The smallest absolute Gasteiger partial charge is 0.251 e. The van der Waals surface area contributed by atoms with Crippen LogP contribution in [0.25, 0.3) is 11.3 Å². The minimum absolute atomic E-state index is 0.289. The zero-order chi connectivity index (χ0) is 23.0. The van der Waals surface area contributed by atoms with Gasteiger partial charge in [-0.3, -0.25) is 9.59 Å². The SMILES string of the molecule is CCc1ccc(-c2csc(NC(=O)C(Cc3ccccc3)NC(=O)c3ccccc3)n2)cc1. The van der Waals surface area contributed by atoms with Gasteiger partial charge in [0, 0.05) is 22.9 Å². The zero-order valence-corrected chi connectivity index (χ0v) is 19.1. The van der Waals surface area contributed by atoms with Crippen molar-refractivity contribution in [1.29, 1.82) is 0 Å². The number of anilines is 1. The van der Waals surface area contributed by atoms with E-state index in [1.54, 1.807) is 24.3 Å². The molecule has 5 nitrogen and oxygen atoms in total. The summed E-state index contributed by atoms with van der Waals surface area (Å²) in [5, 5.41) is 8.19. The van der Waals surface area contributed by atoms with Gasteiger partial charge in [-0.15, -0.1) is 11.3 Å². The molecule has 1 unspecified atom stereocenters. The third-order valence-electron chi connectivity index (χ3n) is 5.33. The van der Waals surface area contributed by atoms with E-state index in [1.165, 1.54) is 16.9 Å². The van der Waals surface area contributed by atoms with Gasteiger partial charge in [-0.2, -0.15) is 0 Å². The summed E-state index contributed by atoms with van der Waals surface area (Å²) in [5.74, 6) is -0.590. The van der Waals surface area contributed by atoms with E-state index in [9.17, 15) is 9.59 Å². The number of nitrogens with one attached hydrogen (secondary N) is 2. The van der Waals surface area contributed by atoms with Gasteiger partial charge in [-0.05, 0) is 29.7 Å². The lowest BCUT2D eigenvalue weighted by Gasteiger charge is -2.18. The predicted molar refractivity (Wildman–Crippen MR) is 133 cm³/mol. The van der Waals surface area contributed by atoms with Crippen molar-refractivity contribution in [2.45, 2.75) is 25.8 Å². The van der Waals surface area contributed by atoms with Gasteiger partial charge in [0.1, 0.15) is 6.04 Å². The Bertz CT molecular complexity index is 1210. The first-order valence-electron chi connectivity index (χ1n) is 10.9. The quantitative estimate of drug-likeness (QED) is 0.376. The van der Waals surface area contributed by atoms with E-state index in [1.807, 2.05) is 53.9 Å². The number of carbonyl (C=O) groups is 2. The second-order valence-corrected chi connectivity index (χ2v) is 8.52. The van der Waals surface area contributed by atoms with Crippen LogP contribution in [0, 0.1) is 0 Å². The van der Waals surface area contributed by atoms with Gasteiger partial charge in [-0.1, -0.05) is 79.7 Å². The van der Waals surface area contributed by atoms with E-state index in [0.29, 0.717) is 17.1 Å². The highest BCUT2D eigenvalue weighted by Gasteiger charge is 2.23. The maximum Gasteiger partial charge on any atom is 0.251 e. The molecule has 4 rings (SSSR count). The van der Waals surface area contributed by atoms with Crippen molar-refractivity contribution in [3.05, 3.63) is 107 Å². The third kappa shape index (κ3) is 5.93. The minimum Gasteiger partial charge on any atom is -0.340 e. The number of hydrogen-bond donors (Lipinski definition) is 2. The van der Waals surface area contributed by atoms with E-state index in [0.717, 1.165) is 23.2 Å². The van der Waals surface area contributed by atoms with E-state index in [4.69, 9.17) is 0 Å². The lowest BCUT2D eigenvalue weighted by Crippen LogP contribution is -2.45. The molecule has 33 heavy (non-hydrogen) atoms. The van der Waals surface area contributed by atoms with Gasteiger partial charge in [0.05, 0.1) is 5.69 Å². The molecule has 0 bridgehead atoms. The largest absolute Gasteiger partial charge is 0.340 e. The molecule has 1 heterocycles. The van der Waals surface area contributed by atoms with Gasteiger partial charge in [0.15, 0.2) is 5.13 Å². The summed E-state index contributed by atoms with van der Waals surface area (Å²) in [7, 11) is 0. The van der Waals surface area contributed by atoms with Gasteiger partial charge in [0.25, 0.3) is 5.91 Å². The fraction of sp³-hybridized carbons (Fsp3) is 0.148. The van der Waals surface area contributed by atoms with Crippen molar-refractivity contribution in [2.24, 2.45) is 0 Å². The third-order valence-corrected chi connectivity index (χ3v) is 6.09. The summed E-state index contributed by atoms with van der Waals surface area (Å²) >= 11 is 1.37. The zero-order valence-electron chi connectivity index (χ0n) is 18.3. The predicted octanol–water partition coefficient (Wildman–Crippen LogP) is 5.35. The fourth-order valence-electron chi connectivity index (χ4n) is 3.46. The second kappa shape index (κ2) is 10.7. The van der Waals surface area contributed by atoms with Crippen LogP contribution < -0.4 is 10.6 Å². The van der Waals surface area contributed by atoms with Crippen LogP contribution in [0.3, 0.4) is 0 Å². The Labute approximate surface area is 197 Å². The first-order valence-corrected chi connectivity index (χ1v) is 11.8. The number of hydrogen-bond acceptors (Lipinski definition) is 4. The highest BCUT2D eigenvalue weighted by Crippen LogP contribution is 2.25.